The minimum atomic E-state index is -0.190. The minimum Gasteiger partial charge on any atom is -0.484 e. The van der Waals surface area contributed by atoms with Crippen molar-refractivity contribution in [3.05, 3.63) is 63.6 Å². The van der Waals surface area contributed by atoms with Crippen LogP contribution in [0.25, 0.3) is 0 Å². The molecular weight excluding hydrogens is 309 g/mol. The molecule has 5 heteroatoms. The molecule has 2 rings (SSSR count). The second kappa shape index (κ2) is 7.34. The maximum Gasteiger partial charge on any atom is 0.258 e. The summed E-state index contributed by atoms with van der Waals surface area (Å²) < 4.78 is 5.37. The van der Waals surface area contributed by atoms with Gasteiger partial charge < -0.3 is 10.1 Å². The Morgan fingerprint density at radius 1 is 1.14 bits per heavy atom. The quantitative estimate of drug-likeness (QED) is 0.903. The van der Waals surface area contributed by atoms with Crippen LogP contribution in [0.2, 0.25) is 10.0 Å². The summed E-state index contributed by atoms with van der Waals surface area (Å²) in [6, 6.07) is 12.8. The molecule has 0 saturated carbocycles. The standard InChI is InChI=1S/C16H15Cl2NO2/c1-11-4-2-3-5-12(11)9-19-16(20)10-21-13-6-7-14(17)15(18)8-13/h2-8H,9-10H2,1H3,(H,19,20). The molecular formula is C16H15Cl2NO2. The first-order valence-corrected chi connectivity index (χ1v) is 7.21. The number of carbonyl (C=O) groups excluding carboxylic acids is 1. The van der Waals surface area contributed by atoms with E-state index in [1.54, 1.807) is 18.2 Å². The van der Waals surface area contributed by atoms with Crippen molar-refractivity contribution in [3.63, 3.8) is 0 Å². The highest BCUT2D eigenvalue weighted by molar-refractivity contribution is 6.42. The van der Waals surface area contributed by atoms with Gasteiger partial charge in [0.2, 0.25) is 0 Å². The van der Waals surface area contributed by atoms with Gasteiger partial charge in [0.25, 0.3) is 5.91 Å². The van der Waals surface area contributed by atoms with Gasteiger partial charge >= 0.3 is 0 Å². The highest BCUT2D eigenvalue weighted by Crippen LogP contribution is 2.26. The minimum absolute atomic E-state index is 0.0656. The lowest BCUT2D eigenvalue weighted by Gasteiger charge is -2.09. The smallest absolute Gasteiger partial charge is 0.258 e. The third kappa shape index (κ3) is 4.66. The topological polar surface area (TPSA) is 38.3 Å². The van der Waals surface area contributed by atoms with E-state index in [-0.39, 0.29) is 12.5 Å². The first-order valence-electron chi connectivity index (χ1n) is 6.45. The number of nitrogens with one attached hydrogen (secondary N) is 1. The van der Waals surface area contributed by atoms with Crippen LogP contribution in [-0.4, -0.2) is 12.5 Å². The summed E-state index contributed by atoms with van der Waals surface area (Å²) in [5.74, 6) is 0.319. The molecule has 0 heterocycles. The molecule has 110 valence electrons. The maximum atomic E-state index is 11.8. The van der Waals surface area contributed by atoms with Gasteiger partial charge in [0, 0.05) is 12.6 Å². The van der Waals surface area contributed by atoms with Gasteiger partial charge in [-0.2, -0.15) is 0 Å². The van der Waals surface area contributed by atoms with E-state index in [2.05, 4.69) is 5.32 Å². The second-order valence-electron chi connectivity index (χ2n) is 4.57. The number of amides is 1. The molecule has 2 aromatic rings. The van der Waals surface area contributed by atoms with Gasteiger partial charge in [0.15, 0.2) is 6.61 Å². The number of rotatable bonds is 5. The number of halogens is 2. The zero-order valence-corrected chi connectivity index (χ0v) is 13.0. The van der Waals surface area contributed by atoms with Crippen molar-refractivity contribution in [1.29, 1.82) is 0 Å². The predicted octanol–water partition coefficient (Wildman–Crippen LogP) is 4.00. The van der Waals surface area contributed by atoms with Crippen molar-refractivity contribution in [3.8, 4) is 5.75 Å². The average Bonchev–Trinajstić information content (AvgIpc) is 2.47. The number of carbonyl (C=O) groups is 1. The van der Waals surface area contributed by atoms with Crippen LogP contribution in [0.4, 0.5) is 0 Å². The lowest BCUT2D eigenvalue weighted by Crippen LogP contribution is -2.28. The fraction of sp³-hybridized carbons (Fsp3) is 0.188. The molecule has 3 nitrogen and oxygen atoms in total. The van der Waals surface area contributed by atoms with Crippen LogP contribution < -0.4 is 10.1 Å². The van der Waals surface area contributed by atoms with Gasteiger partial charge in [-0.25, -0.2) is 0 Å². The Morgan fingerprint density at radius 3 is 2.62 bits per heavy atom. The number of hydrogen-bond acceptors (Lipinski definition) is 2. The van der Waals surface area contributed by atoms with E-state index in [9.17, 15) is 4.79 Å². The summed E-state index contributed by atoms with van der Waals surface area (Å²) in [6.07, 6.45) is 0. The van der Waals surface area contributed by atoms with Crippen LogP contribution in [0, 0.1) is 6.92 Å². The summed E-state index contributed by atoms with van der Waals surface area (Å²) in [5, 5.41) is 3.66. The van der Waals surface area contributed by atoms with Gasteiger partial charge in [0.05, 0.1) is 10.0 Å². The summed E-state index contributed by atoms with van der Waals surface area (Å²) in [5.41, 5.74) is 2.23. The van der Waals surface area contributed by atoms with E-state index in [4.69, 9.17) is 27.9 Å². The summed E-state index contributed by atoms with van der Waals surface area (Å²) in [4.78, 5) is 11.8. The molecule has 21 heavy (non-hydrogen) atoms. The maximum absolute atomic E-state index is 11.8. The van der Waals surface area contributed by atoms with Gasteiger partial charge in [-0.3, -0.25) is 4.79 Å². The Kier molecular flexibility index (Phi) is 5.48. The summed E-state index contributed by atoms with van der Waals surface area (Å²) in [6.45, 7) is 2.42. The summed E-state index contributed by atoms with van der Waals surface area (Å²) >= 11 is 11.7. The van der Waals surface area contributed by atoms with Crippen molar-refractivity contribution in [2.24, 2.45) is 0 Å². The SMILES string of the molecule is Cc1ccccc1CNC(=O)COc1ccc(Cl)c(Cl)c1. The number of benzene rings is 2. The fourth-order valence-corrected chi connectivity index (χ4v) is 2.06. The van der Waals surface area contributed by atoms with E-state index in [0.29, 0.717) is 22.3 Å². The van der Waals surface area contributed by atoms with Crippen molar-refractivity contribution in [1.82, 2.24) is 5.32 Å². The van der Waals surface area contributed by atoms with Crippen molar-refractivity contribution in [2.45, 2.75) is 13.5 Å². The number of hydrogen-bond donors (Lipinski definition) is 1. The first kappa shape index (κ1) is 15.7. The lowest BCUT2D eigenvalue weighted by molar-refractivity contribution is -0.123. The van der Waals surface area contributed by atoms with Gasteiger partial charge in [-0.15, -0.1) is 0 Å². The van der Waals surface area contributed by atoms with E-state index >= 15 is 0 Å². The molecule has 0 spiro atoms. The Morgan fingerprint density at radius 2 is 1.90 bits per heavy atom. The van der Waals surface area contributed by atoms with Crippen molar-refractivity contribution >= 4 is 29.1 Å². The Bertz CT molecular complexity index is 644. The van der Waals surface area contributed by atoms with Crippen LogP contribution in [0.5, 0.6) is 5.75 Å². The zero-order chi connectivity index (χ0) is 15.2. The largest absolute Gasteiger partial charge is 0.484 e. The van der Waals surface area contributed by atoms with Crippen molar-refractivity contribution < 1.29 is 9.53 Å². The highest BCUT2D eigenvalue weighted by atomic mass is 35.5. The number of ether oxygens (including phenoxy) is 1. The molecule has 0 unspecified atom stereocenters. The molecule has 0 atom stereocenters. The van der Waals surface area contributed by atoms with Crippen molar-refractivity contribution in [2.75, 3.05) is 6.61 Å². The Hall–Kier alpha value is -1.71. The van der Waals surface area contributed by atoms with Crippen LogP contribution in [0.1, 0.15) is 11.1 Å². The van der Waals surface area contributed by atoms with Crippen LogP contribution in [0.15, 0.2) is 42.5 Å². The van der Waals surface area contributed by atoms with Gasteiger partial charge in [-0.1, -0.05) is 47.5 Å². The van der Waals surface area contributed by atoms with Gasteiger partial charge in [-0.05, 0) is 30.2 Å². The van der Waals surface area contributed by atoms with E-state index < -0.39 is 0 Å². The fourth-order valence-electron chi connectivity index (χ4n) is 1.77. The molecule has 0 aliphatic heterocycles. The molecule has 1 N–H and O–H groups in total. The molecule has 0 aliphatic carbocycles. The lowest BCUT2D eigenvalue weighted by atomic mass is 10.1. The first-order chi connectivity index (χ1) is 10.1. The molecule has 2 aromatic carbocycles. The van der Waals surface area contributed by atoms with E-state index in [0.717, 1.165) is 11.1 Å². The molecule has 0 bridgehead atoms. The van der Waals surface area contributed by atoms with Crippen LogP contribution in [0.3, 0.4) is 0 Å². The Balaban J connectivity index is 1.82. The monoisotopic (exact) mass is 323 g/mol. The predicted molar refractivity (Wildman–Crippen MR) is 85.0 cm³/mol. The van der Waals surface area contributed by atoms with E-state index in [1.807, 2.05) is 31.2 Å². The Labute approximate surface area is 133 Å². The molecule has 0 radical (unpaired) electrons. The normalized spacial score (nSPS) is 10.2. The van der Waals surface area contributed by atoms with Crippen LogP contribution >= 0.6 is 23.2 Å². The molecule has 0 fully saturated rings. The average molecular weight is 324 g/mol. The molecule has 0 saturated heterocycles. The van der Waals surface area contributed by atoms with Gasteiger partial charge in [0.1, 0.15) is 5.75 Å². The highest BCUT2D eigenvalue weighted by Gasteiger charge is 2.05. The molecule has 0 aliphatic rings. The van der Waals surface area contributed by atoms with E-state index in [1.165, 1.54) is 0 Å². The zero-order valence-electron chi connectivity index (χ0n) is 11.5. The second-order valence-corrected chi connectivity index (χ2v) is 5.38. The summed E-state index contributed by atoms with van der Waals surface area (Å²) in [7, 11) is 0. The third-order valence-electron chi connectivity index (χ3n) is 3.00. The number of aryl methyl sites for hydroxylation is 1. The third-order valence-corrected chi connectivity index (χ3v) is 3.74. The molecule has 0 aromatic heterocycles. The molecule has 1 amide bonds. The van der Waals surface area contributed by atoms with Crippen LogP contribution in [-0.2, 0) is 11.3 Å².